The van der Waals surface area contributed by atoms with Crippen LogP contribution in [0.15, 0.2) is 36.6 Å². The average Bonchev–Trinajstić information content (AvgIpc) is 2.94. The smallest absolute Gasteiger partial charge is 0.133 e. The number of ether oxygens (including phenoxy) is 5. The lowest BCUT2D eigenvalue weighted by molar-refractivity contribution is -0.119. The lowest BCUT2D eigenvalue weighted by atomic mass is 9.83. The highest BCUT2D eigenvalue weighted by Gasteiger charge is 2.22. The summed E-state index contributed by atoms with van der Waals surface area (Å²) in [6.45, 7) is 23.9. The Morgan fingerprint density at radius 1 is 0.659 bits per heavy atom. The fraction of sp³-hybridized carbons (Fsp3) is 0.605. The summed E-state index contributed by atoms with van der Waals surface area (Å²) < 4.78 is 28.4. The number of aryl methyl sites for hydroxylation is 4. The second-order valence-electron chi connectivity index (χ2n) is 13.7. The number of carbonyl (C=O) groups is 1. The van der Waals surface area contributed by atoms with Gasteiger partial charge >= 0.3 is 0 Å². The van der Waals surface area contributed by atoms with Gasteiger partial charge in [-0.15, -0.1) is 0 Å². The quantitative estimate of drug-likeness (QED) is 0.118. The van der Waals surface area contributed by atoms with Crippen molar-refractivity contribution in [3.63, 3.8) is 0 Å². The molecule has 0 N–H and O–H groups in total. The monoisotopic (exact) mass is 610 g/mol. The van der Waals surface area contributed by atoms with E-state index < -0.39 is 0 Å². The molecule has 0 atom stereocenters. The van der Waals surface area contributed by atoms with E-state index in [0.717, 1.165) is 54.1 Å². The molecule has 2 aromatic rings. The Morgan fingerprint density at radius 2 is 1.11 bits per heavy atom. The third kappa shape index (κ3) is 12.3. The molecule has 2 aromatic carbocycles. The molecule has 0 saturated heterocycles. The minimum absolute atomic E-state index is 0.00673. The molecule has 0 bridgehead atoms. The molecular formula is C38H58O6. The maximum Gasteiger partial charge on any atom is 0.133 e. The molecule has 0 aliphatic carbocycles. The van der Waals surface area contributed by atoms with E-state index in [2.05, 4.69) is 86.2 Å². The van der Waals surface area contributed by atoms with Crippen LogP contribution in [-0.4, -0.2) is 53.0 Å². The topological polar surface area (TPSA) is 63.2 Å². The van der Waals surface area contributed by atoms with Crippen LogP contribution in [0.5, 0.6) is 11.5 Å². The molecule has 0 radical (unpaired) electrons. The Balaban J connectivity index is 1.56. The van der Waals surface area contributed by atoms with Crippen molar-refractivity contribution in [1.29, 1.82) is 0 Å². The van der Waals surface area contributed by atoms with Crippen LogP contribution in [0.4, 0.5) is 0 Å². The molecule has 6 nitrogen and oxygen atoms in total. The highest BCUT2D eigenvalue weighted by molar-refractivity contribution is 5.78. The van der Waals surface area contributed by atoms with Crippen LogP contribution in [0.3, 0.4) is 0 Å². The maximum absolute atomic E-state index is 12.5. The van der Waals surface area contributed by atoms with Gasteiger partial charge in [0.15, 0.2) is 0 Å². The zero-order chi connectivity index (χ0) is 32.9. The SMILES string of the molecule is C=C(CCc1cc(C)c(OC)c(C(C)(C)C)c1)OCCOCCOCCCC(=O)CCc1cc(C)c(OC)c(C(C)(C)C)c1. The maximum atomic E-state index is 12.5. The van der Waals surface area contributed by atoms with Crippen LogP contribution in [0.1, 0.15) is 101 Å². The van der Waals surface area contributed by atoms with Crippen molar-refractivity contribution >= 4 is 5.78 Å². The summed E-state index contributed by atoms with van der Waals surface area (Å²) in [7, 11) is 3.45. The van der Waals surface area contributed by atoms with Crippen LogP contribution >= 0.6 is 0 Å². The first kappa shape index (κ1) is 37.4. The van der Waals surface area contributed by atoms with Gasteiger partial charge < -0.3 is 23.7 Å². The first-order valence-corrected chi connectivity index (χ1v) is 16.0. The van der Waals surface area contributed by atoms with Crippen molar-refractivity contribution in [3.05, 3.63) is 70.0 Å². The molecule has 0 heterocycles. The molecule has 6 heteroatoms. The Kier molecular flexibility index (Phi) is 14.9. The van der Waals surface area contributed by atoms with Crippen LogP contribution in [0.25, 0.3) is 0 Å². The number of rotatable bonds is 19. The van der Waals surface area contributed by atoms with E-state index in [4.69, 9.17) is 23.7 Å². The number of hydrogen-bond donors (Lipinski definition) is 0. The Bertz CT molecular complexity index is 1120. The summed E-state index contributed by atoms with van der Waals surface area (Å²) in [6, 6.07) is 8.75. The number of methoxy groups -OCH3 is 2. The third-order valence-electron chi connectivity index (χ3n) is 7.73. The fourth-order valence-electron chi connectivity index (χ4n) is 5.35. The minimum atomic E-state index is -0.0204. The van der Waals surface area contributed by atoms with Crippen LogP contribution in [-0.2, 0) is 42.7 Å². The van der Waals surface area contributed by atoms with E-state index in [1.165, 1.54) is 22.3 Å². The number of benzene rings is 2. The normalized spacial score (nSPS) is 11.9. The molecule has 2 rings (SSSR count). The van der Waals surface area contributed by atoms with Crippen molar-refractivity contribution in [2.45, 2.75) is 105 Å². The molecule has 0 fully saturated rings. The summed E-state index contributed by atoms with van der Waals surface area (Å²) in [4.78, 5) is 12.5. The summed E-state index contributed by atoms with van der Waals surface area (Å²) in [5.41, 5.74) is 7.10. The molecule has 0 spiro atoms. The second kappa shape index (κ2) is 17.6. The van der Waals surface area contributed by atoms with Gasteiger partial charge in [-0.05, 0) is 66.2 Å². The third-order valence-corrected chi connectivity index (χ3v) is 7.73. The molecule has 44 heavy (non-hydrogen) atoms. The Morgan fingerprint density at radius 3 is 1.59 bits per heavy atom. The van der Waals surface area contributed by atoms with Crippen molar-refractivity contribution < 1.29 is 28.5 Å². The highest BCUT2D eigenvalue weighted by Crippen LogP contribution is 2.36. The summed E-state index contributed by atoms with van der Waals surface area (Å²) in [5.74, 6) is 2.94. The van der Waals surface area contributed by atoms with Crippen molar-refractivity contribution in [1.82, 2.24) is 0 Å². The summed E-state index contributed by atoms with van der Waals surface area (Å²) >= 11 is 0. The van der Waals surface area contributed by atoms with Gasteiger partial charge in [-0.2, -0.15) is 0 Å². The van der Waals surface area contributed by atoms with E-state index in [1.807, 2.05) is 0 Å². The van der Waals surface area contributed by atoms with Gasteiger partial charge in [0, 0.05) is 37.0 Å². The summed E-state index contributed by atoms with van der Waals surface area (Å²) in [6.07, 6.45) is 4.17. The fourth-order valence-corrected chi connectivity index (χ4v) is 5.35. The largest absolute Gasteiger partial charge is 0.496 e. The molecule has 0 unspecified atom stereocenters. The molecule has 246 valence electrons. The summed E-state index contributed by atoms with van der Waals surface area (Å²) in [5, 5.41) is 0. The van der Waals surface area contributed by atoms with Crippen LogP contribution < -0.4 is 9.47 Å². The van der Waals surface area contributed by atoms with Gasteiger partial charge in [0.2, 0.25) is 0 Å². The van der Waals surface area contributed by atoms with Crippen LogP contribution in [0.2, 0.25) is 0 Å². The van der Waals surface area contributed by atoms with E-state index in [-0.39, 0.29) is 16.6 Å². The molecule has 0 amide bonds. The zero-order valence-electron chi connectivity index (χ0n) is 29.2. The predicted molar refractivity (Wildman–Crippen MR) is 180 cm³/mol. The zero-order valence-corrected chi connectivity index (χ0v) is 29.2. The van der Waals surface area contributed by atoms with Gasteiger partial charge in [-0.25, -0.2) is 0 Å². The standard InChI is InChI=1S/C38H58O6/c1-27-23-30(25-33(35(27)40-10)37(4,5)6)15-14-29(3)44-22-21-43-20-19-42-18-12-13-32(39)17-16-31-24-28(2)36(41-11)34(26-31)38(7,8)9/h23-26H,3,12-22H2,1-2,4-11H3. The number of carbonyl (C=O) groups excluding carboxylic acids is 1. The van der Waals surface area contributed by atoms with E-state index in [0.29, 0.717) is 45.9 Å². The first-order chi connectivity index (χ1) is 20.7. The van der Waals surface area contributed by atoms with Gasteiger partial charge in [0.25, 0.3) is 0 Å². The van der Waals surface area contributed by atoms with Gasteiger partial charge in [-0.1, -0.05) is 72.4 Å². The second-order valence-corrected chi connectivity index (χ2v) is 13.7. The lowest BCUT2D eigenvalue weighted by Crippen LogP contribution is -2.14. The minimum Gasteiger partial charge on any atom is -0.496 e. The lowest BCUT2D eigenvalue weighted by Gasteiger charge is -2.24. The first-order valence-electron chi connectivity index (χ1n) is 16.0. The highest BCUT2D eigenvalue weighted by atomic mass is 16.5. The number of ketones is 1. The van der Waals surface area contributed by atoms with Crippen molar-refractivity contribution in [3.8, 4) is 11.5 Å². The number of Topliss-reactive ketones (excluding diaryl/α,β-unsaturated/α-hetero) is 1. The van der Waals surface area contributed by atoms with Crippen molar-refractivity contribution in [2.24, 2.45) is 0 Å². The molecule has 0 saturated carbocycles. The van der Waals surface area contributed by atoms with Gasteiger partial charge in [0.05, 0.1) is 39.8 Å². The van der Waals surface area contributed by atoms with Crippen molar-refractivity contribution in [2.75, 3.05) is 47.3 Å². The molecule has 0 aliphatic heterocycles. The number of hydrogen-bond acceptors (Lipinski definition) is 6. The predicted octanol–water partition coefficient (Wildman–Crippen LogP) is 8.39. The molecular weight excluding hydrogens is 552 g/mol. The van der Waals surface area contributed by atoms with E-state index in [1.54, 1.807) is 14.2 Å². The van der Waals surface area contributed by atoms with Gasteiger partial charge in [0.1, 0.15) is 23.9 Å². The van der Waals surface area contributed by atoms with Crippen LogP contribution in [0, 0.1) is 13.8 Å². The Hall–Kier alpha value is -2.83. The molecule has 0 aromatic heterocycles. The average molecular weight is 611 g/mol. The number of allylic oxidation sites excluding steroid dienone is 1. The van der Waals surface area contributed by atoms with E-state index >= 15 is 0 Å². The van der Waals surface area contributed by atoms with Gasteiger partial charge in [-0.3, -0.25) is 4.79 Å². The Labute approximate surface area is 267 Å². The molecule has 0 aliphatic rings. The van der Waals surface area contributed by atoms with E-state index in [9.17, 15) is 4.79 Å².